The highest BCUT2D eigenvalue weighted by Gasteiger charge is 2.15. The van der Waals surface area contributed by atoms with E-state index in [2.05, 4.69) is 15.0 Å². The van der Waals surface area contributed by atoms with Gasteiger partial charge in [-0.3, -0.25) is 4.98 Å². The van der Waals surface area contributed by atoms with Crippen LogP contribution in [0.2, 0.25) is 0 Å². The largest absolute Gasteiger partial charge is 0.447 e. The maximum absolute atomic E-state index is 11.5. The summed E-state index contributed by atoms with van der Waals surface area (Å²) in [5, 5.41) is 3.14. The van der Waals surface area contributed by atoms with Gasteiger partial charge in [-0.25, -0.2) is 13.1 Å². The Bertz CT molecular complexity index is 638. The Morgan fingerprint density at radius 2 is 1.95 bits per heavy atom. The molecule has 0 radical (unpaired) electrons. The minimum Gasteiger partial charge on any atom is -0.447 e. The molecule has 7 heteroatoms. The van der Waals surface area contributed by atoms with Crippen molar-refractivity contribution in [2.45, 2.75) is 18.1 Å². The first-order valence-corrected chi connectivity index (χ1v) is 7.72. The van der Waals surface area contributed by atoms with E-state index >= 15 is 0 Å². The summed E-state index contributed by atoms with van der Waals surface area (Å²) in [4.78, 5) is 3.96. The lowest BCUT2D eigenvalue weighted by Crippen LogP contribution is -2.18. The third kappa shape index (κ3) is 3.89. The Morgan fingerprint density at radius 3 is 2.65 bits per heavy atom. The van der Waals surface area contributed by atoms with E-state index in [0.717, 1.165) is 13.0 Å². The molecule has 2 aromatic rings. The molecule has 0 bridgehead atoms. The average Bonchev–Trinajstić information content (AvgIpc) is 2.94. The van der Waals surface area contributed by atoms with Gasteiger partial charge < -0.3 is 9.73 Å². The van der Waals surface area contributed by atoms with Gasteiger partial charge in [-0.05, 0) is 49.8 Å². The summed E-state index contributed by atoms with van der Waals surface area (Å²) in [6.45, 7) is 1.27. The molecule has 0 saturated heterocycles. The van der Waals surface area contributed by atoms with Crippen molar-refractivity contribution in [2.24, 2.45) is 0 Å². The summed E-state index contributed by atoms with van der Waals surface area (Å²) in [5.41, 5.74) is 1.20. The molecular formula is C13H17N3O3S. The Labute approximate surface area is 118 Å². The third-order valence-corrected chi connectivity index (χ3v) is 4.10. The van der Waals surface area contributed by atoms with Crippen LogP contribution in [0.25, 0.3) is 0 Å². The van der Waals surface area contributed by atoms with Gasteiger partial charge in [-0.15, -0.1) is 0 Å². The number of hydrogen-bond acceptors (Lipinski definition) is 5. The van der Waals surface area contributed by atoms with Crippen molar-refractivity contribution in [3.63, 3.8) is 0 Å². The van der Waals surface area contributed by atoms with Gasteiger partial charge in [-0.2, -0.15) is 0 Å². The first-order chi connectivity index (χ1) is 9.62. The molecule has 0 atom stereocenters. The molecule has 0 amide bonds. The molecule has 2 heterocycles. The number of nitrogens with zero attached hydrogens (tertiary/aromatic N) is 1. The molecule has 2 aromatic heterocycles. The standard InChI is InChI=1S/C13H17N3O3S/c1-14-20(17,18)13-3-2-12(19-13)10-16-9-6-11-4-7-15-8-5-11/h2-5,7-8,14,16H,6,9-10H2,1H3. The van der Waals surface area contributed by atoms with Crippen molar-refractivity contribution in [3.8, 4) is 0 Å². The van der Waals surface area contributed by atoms with Gasteiger partial charge >= 0.3 is 0 Å². The van der Waals surface area contributed by atoms with Gasteiger partial charge in [0.25, 0.3) is 10.0 Å². The summed E-state index contributed by atoms with van der Waals surface area (Å²) >= 11 is 0. The zero-order chi connectivity index (χ0) is 14.4. The van der Waals surface area contributed by atoms with Crippen LogP contribution in [-0.4, -0.2) is 27.0 Å². The van der Waals surface area contributed by atoms with E-state index in [0.29, 0.717) is 12.3 Å². The van der Waals surface area contributed by atoms with Gasteiger partial charge in [-0.1, -0.05) is 0 Å². The highest BCUT2D eigenvalue weighted by atomic mass is 32.2. The van der Waals surface area contributed by atoms with Crippen molar-refractivity contribution in [1.82, 2.24) is 15.0 Å². The van der Waals surface area contributed by atoms with E-state index in [1.807, 2.05) is 12.1 Å². The van der Waals surface area contributed by atoms with E-state index in [9.17, 15) is 8.42 Å². The number of sulfonamides is 1. The molecule has 0 spiro atoms. The monoisotopic (exact) mass is 295 g/mol. The lowest BCUT2D eigenvalue weighted by molar-refractivity contribution is 0.401. The van der Waals surface area contributed by atoms with Crippen LogP contribution in [0, 0.1) is 0 Å². The summed E-state index contributed by atoms with van der Waals surface area (Å²) in [7, 11) is -2.15. The van der Waals surface area contributed by atoms with Gasteiger partial charge in [0.2, 0.25) is 5.09 Å². The number of rotatable bonds is 7. The van der Waals surface area contributed by atoms with E-state index in [1.165, 1.54) is 18.7 Å². The Hall–Kier alpha value is -1.70. The van der Waals surface area contributed by atoms with Crippen molar-refractivity contribution in [2.75, 3.05) is 13.6 Å². The zero-order valence-electron chi connectivity index (χ0n) is 11.2. The van der Waals surface area contributed by atoms with Crippen LogP contribution in [0.1, 0.15) is 11.3 Å². The Morgan fingerprint density at radius 1 is 1.20 bits per heavy atom. The molecule has 0 aliphatic rings. The van der Waals surface area contributed by atoms with Crippen LogP contribution >= 0.6 is 0 Å². The molecule has 108 valence electrons. The second-order valence-corrected chi connectivity index (χ2v) is 6.03. The minimum atomic E-state index is -3.50. The minimum absolute atomic E-state index is 0.0640. The number of hydrogen-bond donors (Lipinski definition) is 2. The number of nitrogens with one attached hydrogen (secondary N) is 2. The normalized spacial score (nSPS) is 11.7. The van der Waals surface area contributed by atoms with E-state index in [1.54, 1.807) is 18.5 Å². The maximum atomic E-state index is 11.5. The fraction of sp³-hybridized carbons (Fsp3) is 0.308. The van der Waals surface area contributed by atoms with Crippen LogP contribution in [0.5, 0.6) is 0 Å². The van der Waals surface area contributed by atoms with Crippen LogP contribution in [0.3, 0.4) is 0 Å². The molecule has 0 aliphatic heterocycles. The zero-order valence-corrected chi connectivity index (χ0v) is 12.0. The second kappa shape index (κ2) is 6.65. The first kappa shape index (κ1) is 14.7. The smallest absolute Gasteiger partial charge is 0.273 e. The van der Waals surface area contributed by atoms with Gasteiger partial charge in [0.15, 0.2) is 0 Å². The fourth-order valence-corrected chi connectivity index (χ4v) is 2.36. The molecule has 0 aliphatic carbocycles. The molecule has 0 saturated carbocycles. The van der Waals surface area contributed by atoms with E-state index < -0.39 is 10.0 Å². The SMILES string of the molecule is CNS(=O)(=O)c1ccc(CNCCc2ccncc2)o1. The van der Waals surface area contributed by atoms with Crippen molar-refractivity contribution < 1.29 is 12.8 Å². The molecule has 0 unspecified atom stereocenters. The summed E-state index contributed by atoms with van der Waals surface area (Å²) in [6, 6.07) is 7.04. The van der Waals surface area contributed by atoms with Crippen molar-refractivity contribution in [1.29, 1.82) is 0 Å². The first-order valence-electron chi connectivity index (χ1n) is 6.24. The van der Waals surface area contributed by atoms with Crippen LogP contribution < -0.4 is 10.0 Å². The molecule has 2 rings (SSSR count). The maximum Gasteiger partial charge on any atom is 0.273 e. The lowest BCUT2D eigenvalue weighted by atomic mass is 10.2. The third-order valence-electron chi connectivity index (χ3n) is 2.81. The molecule has 20 heavy (non-hydrogen) atoms. The second-order valence-electron chi connectivity index (χ2n) is 4.21. The van der Waals surface area contributed by atoms with Crippen LogP contribution in [-0.2, 0) is 23.0 Å². The molecule has 6 nitrogen and oxygen atoms in total. The molecule has 0 aromatic carbocycles. The lowest BCUT2D eigenvalue weighted by Gasteiger charge is -2.03. The Kier molecular flexibility index (Phi) is 4.89. The van der Waals surface area contributed by atoms with Crippen LogP contribution in [0.4, 0.5) is 0 Å². The Balaban J connectivity index is 1.81. The number of pyridine rings is 1. The molecule has 0 fully saturated rings. The predicted molar refractivity (Wildman–Crippen MR) is 74.6 cm³/mol. The van der Waals surface area contributed by atoms with Crippen molar-refractivity contribution in [3.05, 3.63) is 48.0 Å². The van der Waals surface area contributed by atoms with E-state index in [4.69, 9.17) is 4.42 Å². The average molecular weight is 295 g/mol. The predicted octanol–water partition coefficient (Wildman–Crippen LogP) is 0.915. The number of furan rings is 1. The van der Waals surface area contributed by atoms with Gasteiger partial charge in [0.1, 0.15) is 5.76 Å². The van der Waals surface area contributed by atoms with E-state index in [-0.39, 0.29) is 5.09 Å². The summed E-state index contributed by atoms with van der Waals surface area (Å²) in [6.07, 6.45) is 4.40. The fourth-order valence-electron chi connectivity index (χ4n) is 1.69. The molecule has 2 N–H and O–H groups in total. The quantitative estimate of drug-likeness (QED) is 0.742. The highest BCUT2D eigenvalue weighted by molar-refractivity contribution is 7.89. The van der Waals surface area contributed by atoms with Crippen LogP contribution in [0.15, 0.2) is 46.2 Å². The topological polar surface area (TPSA) is 84.2 Å². The molecular weight excluding hydrogens is 278 g/mol. The van der Waals surface area contributed by atoms with Gasteiger partial charge in [0.05, 0.1) is 6.54 Å². The summed E-state index contributed by atoms with van der Waals surface area (Å²) < 4.78 is 30.5. The van der Waals surface area contributed by atoms with Crippen molar-refractivity contribution >= 4 is 10.0 Å². The summed E-state index contributed by atoms with van der Waals surface area (Å²) in [5.74, 6) is 0.591. The number of aromatic nitrogens is 1. The van der Waals surface area contributed by atoms with Gasteiger partial charge in [0, 0.05) is 12.4 Å². The highest BCUT2D eigenvalue weighted by Crippen LogP contribution is 2.13.